The van der Waals surface area contributed by atoms with Gasteiger partial charge in [0.25, 0.3) is 0 Å². The Morgan fingerprint density at radius 3 is 2.72 bits per heavy atom. The first kappa shape index (κ1) is 15.1. The Morgan fingerprint density at radius 2 is 2.00 bits per heavy atom. The van der Waals surface area contributed by atoms with Crippen LogP contribution in [0.3, 0.4) is 0 Å². The number of aromatic nitrogens is 2. The highest BCUT2D eigenvalue weighted by Gasteiger charge is 2.13. The first-order valence-electron chi connectivity index (χ1n) is 7.92. The molecular weight excluding hydrogens is 318 g/mol. The quantitative estimate of drug-likeness (QED) is 0.765. The summed E-state index contributed by atoms with van der Waals surface area (Å²) < 4.78 is 5.71. The molecule has 0 atom stereocenters. The number of hydrogen-bond acceptors (Lipinski definition) is 4. The number of aromatic amines is 1. The Bertz CT molecular complexity index is 1000. The molecular formula is C19H15N3O3. The number of ether oxygens (including phenoxy) is 1. The number of aliphatic imine (C=N–C) groups is 1. The van der Waals surface area contributed by atoms with Crippen LogP contribution in [0.5, 0.6) is 5.75 Å². The Labute approximate surface area is 143 Å². The molecule has 3 aromatic rings. The second-order valence-corrected chi connectivity index (χ2v) is 5.63. The summed E-state index contributed by atoms with van der Waals surface area (Å²) in [5.41, 5.74) is 2.17. The van der Waals surface area contributed by atoms with Gasteiger partial charge in [0.05, 0.1) is 11.1 Å². The number of aromatic carboxylic acids is 1. The maximum absolute atomic E-state index is 11.3. The number of carboxylic acids is 1. The molecule has 0 aliphatic carbocycles. The lowest BCUT2D eigenvalue weighted by molar-refractivity contribution is 0.0699. The molecule has 1 aliphatic heterocycles. The minimum atomic E-state index is -0.992. The Kier molecular flexibility index (Phi) is 3.78. The van der Waals surface area contributed by atoms with Gasteiger partial charge >= 0.3 is 5.97 Å². The van der Waals surface area contributed by atoms with Gasteiger partial charge < -0.3 is 14.8 Å². The fourth-order valence-corrected chi connectivity index (χ4v) is 2.70. The van der Waals surface area contributed by atoms with E-state index in [0.717, 1.165) is 18.5 Å². The SMILES string of the molecule is O=C(O)c1cccc2[nH]c(-c3ccc(OC4=NCCC=C4)cc3)nc12. The van der Waals surface area contributed by atoms with Crippen LogP contribution in [0.25, 0.3) is 22.4 Å². The number of carbonyl (C=O) groups is 1. The molecule has 1 aliphatic rings. The van der Waals surface area contributed by atoms with Gasteiger partial charge in [0.1, 0.15) is 17.1 Å². The topological polar surface area (TPSA) is 87.6 Å². The van der Waals surface area contributed by atoms with E-state index in [1.165, 1.54) is 0 Å². The molecule has 6 heteroatoms. The second kappa shape index (κ2) is 6.24. The molecule has 6 nitrogen and oxygen atoms in total. The summed E-state index contributed by atoms with van der Waals surface area (Å²) in [4.78, 5) is 23.2. The van der Waals surface area contributed by atoms with Crippen molar-refractivity contribution in [3.8, 4) is 17.1 Å². The molecule has 25 heavy (non-hydrogen) atoms. The third-order valence-electron chi connectivity index (χ3n) is 3.92. The van der Waals surface area contributed by atoms with Gasteiger partial charge in [-0.1, -0.05) is 12.1 Å². The molecule has 0 radical (unpaired) electrons. The summed E-state index contributed by atoms with van der Waals surface area (Å²) in [7, 11) is 0. The van der Waals surface area contributed by atoms with Crippen molar-refractivity contribution < 1.29 is 14.6 Å². The van der Waals surface area contributed by atoms with E-state index < -0.39 is 5.97 Å². The van der Waals surface area contributed by atoms with Gasteiger partial charge in [-0.25, -0.2) is 9.78 Å². The van der Waals surface area contributed by atoms with Crippen molar-refractivity contribution in [1.82, 2.24) is 9.97 Å². The average Bonchev–Trinajstić information content (AvgIpc) is 3.07. The molecule has 1 aromatic heterocycles. The van der Waals surface area contributed by atoms with E-state index in [1.807, 2.05) is 42.5 Å². The number of rotatable bonds is 3. The number of benzene rings is 2. The van der Waals surface area contributed by atoms with E-state index in [1.54, 1.807) is 12.1 Å². The first-order chi connectivity index (χ1) is 12.2. The average molecular weight is 333 g/mol. The molecule has 0 fully saturated rings. The summed E-state index contributed by atoms with van der Waals surface area (Å²) in [6, 6.07) is 12.5. The summed E-state index contributed by atoms with van der Waals surface area (Å²) >= 11 is 0. The van der Waals surface area contributed by atoms with Gasteiger partial charge in [-0.3, -0.25) is 4.99 Å². The summed E-state index contributed by atoms with van der Waals surface area (Å²) in [5.74, 6) is 0.920. The zero-order valence-electron chi connectivity index (χ0n) is 13.3. The van der Waals surface area contributed by atoms with Crippen molar-refractivity contribution >= 4 is 22.9 Å². The lowest BCUT2D eigenvalue weighted by Gasteiger charge is -2.08. The molecule has 0 amide bonds. The number of imidazole rings is 1. The highest BCUT2D eigenvalue weighted by Crippen LogP contribution is 2.25. The number of nitrogens with one attached hydrogen (secondary N) is 1. The molecule has 0 saturated heterocycles. The monoisotopic (exact) mass is 333 g/mol. The number of hydrogen-bond donors (Lipinski definition) is 2. The fraction of sp³-hybridized carbons (Fsp3) is 0.105. The smallest absolute Gasteiger partial charge is 0.337 e. The largest absolute Gasteiger partial charge is 0.478 e. The highest BCUT2D eigenvalue weighted by atomic mass is 16.5. The lowest BCUT2D eigenvalue weighted by atomic mass is 10.2. The summed E-state index contributed by atoms with van der Waals surface area (Å²) in [6.45, 7) is 0.745. The van der Waals surface area contributed by atoms with Crippen molar-refractivity contribution in [2.45, 2.75) is 6.42 Å². The predicted octanol–water partition coefficient (Wildman–Crippen LogP) is 3.67. The number of dihydropyridines is 1. The van der Waals surface area contributed by atoms with Crippen LogP contribution in [-0.2, 0) is 0 Å². The highest BCUT2D eigenvalue weighted by molar-refractivity contribution is 6.01. The van der Waals surface area contributed by atoms with Crippen LogP contribution in [0, 0.1) is 0 Å². The van der Waals surface area contributed by atoms with E-state index >= 15 is 0 Å². The Balaban J connectivity index is 1.63. The van der Waals surface area contributed by atoms with Crippen LogP contribution >= 0.6 is 0 Å². The van der Waals surface area contributed by atoms with Crippen LogP contribution in [0.1, 0.15) is 16.8 Å². The zero-order chi connectivity index (χ0) is 17.2. The van der Waals surface area contributed by atoms with E-state index in [-0.39, 0.29) is 5.56 Å². The van der Waals surface area contributed by atoms with Crippen molar-refractivity contribution in [3.05, 3.63) is 60.2 Å². The van der Waals surface area contributed by atoms with Crippen molar-refractivity contribution in [2.24, 2.45) is 4.99 Å². The molecule has 2 N–H and O–H groups in total. The van der Waals surface area contributed by atoms with Crippen molar-refractivity contribution in [3.63, 3.8) is 0 Å². The van der Waals surface area contributed by atoms with Crippen LogP contribution < -0.4 is 4.74 Å². The molecule has 2 aromatic carbocycles. The van der Waals surface area contributed by atoms with Gasteiger partial charge in [0, 0.05) is 12.1 Å². The maximum Gasteiger partial charge on any atom is 0.337 e. The van der Waals surface area contributed by atoms with E-state index in [9.17, 15) is 9.90 Å². The third-order valence-corrected chi connectivity index (χ3v) is 3.92. The molecule has 0 unspecified atom stereocenters. The summed E-state index contributed by atoms with van der Waals surface area (Å²) in [6.07, 6.45) is 4.84. The van der Waals surface area contributed by atoms with Gasteiger partial charge in [-0.15, -0.1) is 0 Å². The standard InChI is InChI=1S/C19H15N3O3/c23-19(24)14-4-3-5-15-17(14)22-18(21-15)12-7-9-13(10-8-12)25-16-6-1-2-11-20-16/h1,3-10H,2,11H2,(H,21,22)(H,23,24). The van der Waals surface area contributed by atoms with Crippen molar-refractivity contribution in [2.75, 3.05) is 6.54 Å². The Hall–Kier alpha value is -3.41. The molecule has 0 bridgehead atoms. The van der Waals surface area contributed by atoms with E-state index in [2.05, 4.69) is 15.0 Å². The normalized spacial score (nSPS) is 13.7. The Morgan fingerprint density at radius 1 is 1.16 bits per heavy atom. The first-order valence-corrected chi connectivity index (χ1v) is 7.92. The number of carboxylic acid groups (broad SMARTS) is 1. The van der Waals surface area contributed by atoms with Gasteiger partial charge in [-0.05, 0) is 48.9 Å². The van der Waals surface area contributed by atoms with Crippen LogP contribution in [0.4, 0.5) is 0 Å². The molecule has 4 rings (SSSR count). The van der Waals surface area contributed by atoms with E-state index in [4.69, 9.17) is 4.74 Å². The third kappa shape index (κ3) is 3.01. The number of H-pyrrole nitrogens is 1. The van der Waals surface area contributed by atoms with Crippen molar-refractivity contribution in [1.29, 1.82) is 0 Å². The minimum Gasteiger partial charge on any atom is -0.478 e. The zero-order valence-corrected chi connectivity index (χ0v) is 13.3. The van der Waals surface area contributed by atoms with Crippen LogP contribution in [-0.4, -0.2) is 33.5 Å². The van der Waals surface area contributed by atoms with Crippen LogP contribution in [0.15, 0.2) is 59.6 Å². The minimum absolute atomic E-state index is 0.182. The van der Waals surface area contributed by atoms with Crippen LogP contribution in [0.2, 0.25) is 0 Å². The fourth-order valence-electron chi connectivity index (χ4n) is 2.70. The molecule has 0 saturated carbocycles. The van der Waals surface area contributed by atoms with Gasteiger partial charge in [0.2, 0.25) is 5.90 Å². The number of para-hydroxylation sites is 1. The lowest BCUT2D eigenvalue weighted by Crippen LogP contribution is -2.08. The van der Waals surface area contributed by atoms with E-state index in [0.29, 0.717) is 28.5 Å². The predicted molar refractivity (Wildman–Crippen MR) is 95.2 cm³/mol. The number of nitrogens with zero attached hydrogens (tertiary/aromatic N) is 2. The molecule has 0 spiro atoms. The second-order valence-electron chi connectivity index (χ2n) is 5.63. The molecule has 2 heterocycles. The maximum atomic E-state index is 11.3. The summed E-state index contributed by atoms with van der Waals surface area (Å²) in [5, 5.41) is 9.27. The van der Waals surface area contributed by atoms with Gasteiger partial charge in [-0.2, -0.15) is 0 Å². The van der Waals surface area contributed by atoms with Gasteiger partial charge in [0.15, 0.2) is 0 Å². The molecule has 124 valence electrons. The number of fused-ring (bicyclic) bond motifs is 1.